The van der Waals surface area contributed by atoms with Crippen LogP contribution in [0.5, 0.6) is 5.75 Å². The van der Waals surface area contributed by atoms with Gasteiger partial charge in [-0.25, -0.2) is 4.79 Å². The molecule has 2 saturated heterocycles. The van der Waals surface area contributed by atoms with Gasteiger partial charge < -0.3 is 57.1 Å². The van der Waals surface area contributed by atoms with Crippen LogP contribution in [0.3, 0.4) is 0 Å². The number of likely N-dealkylation sites (N-methyl/N-ethyl adjacent to an activating group) is 1. The lowest BCUT2D eigenvalue weighted by atomic mass is 9.95. The number of nitrogens with zero attached hydrogens (tertiary/aromatic N) is 2. The Balaban J connectivity index is 1.88. The average Bonchev–Trinajstić information content (AvgIpc) is 3.29. The minimum Gasteiger partial charge on any atom is -0.508 e. The van der Waals surface area contributed by atoms with Crippen molar-refractivity contribution in [1.82, 2.24) is 36.4 Å². The number of amides is 8. The maximum absolute atomic E-state index is 15.0. The van der Waals surface area contributed by atoms with Crippen LogP contribution in [0.1, 0.15) is 98.1 Å². The van der Waals surface area contributed by atoms with Crippen molar-refractivity contribution >= 4 is 53.2 Å². The van der Waals surface area contributed by atoms with Gasteiger partial charge in [0.25, 0.3) is 0 Å². The molecule has 0 spiro atoms. The third-order valence-electron chi connectivity index (χ3n) is 12.6. The predicted octanol–water partition coefficient (Wildman–Crippen LogP) is 0.697. The Bertz CT molecular complexity index is 2150. The predicted molar refractivity (Wildman–Crippen MR) is 252 cm³/mol. The van der Waals surface area contributed by atoms with Gasteiger partial charge in [0.05, 0.1) is 0 Å². The smallest absolute Gasteiger partial charge is 0.329 e. The zero-order chi connectivity index (χ0) is 51.3. The van der Waals surface area contributed by atoms with E-state index in [2.05, 4.69) is 26.6 Å². The van der Waals surface area contributed by atoms with Crippen molar-refractivity contribution in [2.45, 2.75) is 154 Å². The van der Waals surface area contributed by atoms with Gasteiger partial charge in [0.15, 0.2) is 0 Å². The molecule has 8 amide bonds. The van der Waals surface area contributed by atoms with Crippen LogP contribution in [0, 0.1) is 17.8 Å². The number of hydrogen-bond acceptors (Lipinski definition) is 12. The number of rotatable bonds is 15. The molecular formula is C49H70N8O12. The lowest BCUT2D eigenvalue weighted by molar-refractivity contribution is -0.165. The summed E-state index contributed by atoms with van der Waals surface area (Å²) in [7, 11) is 1.36. The summed E-state index contributed by atoms with van der Waals surface area (Å²) in [5.41, 5.74) is 6.52. The van der Waals surface area contributed by atoms with Crippen molar-refractivity contribution in [3.05, 3.63) is 65.7 Å². The van der Waals surface area contributed by atoms with E-state index >= 15 is 4.79 Å². The zero-order valence-electron chi connectivity index (χ0n) is 40.7. The van der Waals surface area contributed by atoms with Crippen molar-refractivity contribution in [3.63, 3.8) is 0 Å². The summed E-state index contributed by atoms with van der Waals surface area (Å²) < 4.78 is 5.88. The number of carbonyl (C=O) groups is 9. The number of piperidine rings is 1. The van der Waals surface area contributed by atoms with E-state index in [1.165, 1.54) is 26.1 Å². The second-order valence-corrected chi connectivity index (χ2v) is 18.8. The number of phenolic OH excluding ortho intramolecular Hbond substituents is 1. The number of hydrogen-bond donors (Lipinski definition) is 8. The Kier molecular flexibility index (Phi) is 20.1. The summed E-state index contributed by atoms with van der Waals surface area (Å²) in [6.45, 7) is 11.5. The first-order valence-electron chi connectivity index (χ1n) is 23.6. The van der Waals surface area contributed by atoms with Crippen molar-refractivity contribution in [3.8, 4) is 5.75 Å². The van der Waals surface area contributed by atoms with E-state index in [0.717, 1.165) is 9.80 Å². The maximum Gasteiger partial charge on any atom is 0.329 e. The lowest BCUT2D eigenvalue weighted by Crippen LogP contribution is -2.65. The second-order valence-electron chi connectivity index (χ2n) is 18.8. The molecule has 2 fully saturated rings. The van der Waals surface area contributed by atoms with Gasteiger partial charge in [0.2, 0.25) is 47.3 Å². The number of cyclic esters (lactones) is 1. The van der Waals surface area contributed by atoms with Gasteiger partial charge in [-0.3, -0.25) is 38.4 Å². The Morgan fingerprint density at radius 1 is 0.812 bits per heavy atom. The molecule has 10 atom stereocenters. The Morgan fingerprint density at radius 3 is 2.03 bits per heavy atom. The van der Waals surface area contributed by atoms with Crippen LogP contribution >= 0.6 is 0 Å². The fraction of sp³-hybridized carbons (Fsp3) is 0.571. The Morgan fingerprint density at radius 2 is 1.43 bits per heavy atom. The van der Waals surface area contributed by atoms with E-state index in [4.69, 9.17) is 10.5 Å². The van der Waals surface area contributed by atoms with Crippen molar-refractivity contribution in [1.29, 1.82) is 0 Å². The summed E-state index contributed by atoms with van der Waals surface area (Å²) in [6, 6.07) is 4.66. The molecule has 0 aromatic heterocycles. The van der Waals surface area contributed by atoms with Gasteiger partial charge in [0.1, 0.15) is 60.4 Å². The molecule has 0 radical (unpaired) electrons. The molecule has 0 saturated carbocycles. The first-order chi connectivity index (χ1) is 32.5. The quantitative estimate of drug-likeness (QED) is 0.115. The maximum atomic E-state index is 15.0. The molecule has 2 aromatic carbocycles. The first-order valence-corrected chi connectivity index (χ1v) is 23.6. The molecule has 2 aromatic rings. The van der Waals surface area contributed by atoms with E-state index in [1.807, 2.05) is 0 Å². The molecular weight excluding hydrogens is 893 g/mol. The molecule has 9 N–H and O–H groups in total. The molecule has 4 rings (SSSR count). The molecule has 20 nitrogen and oxygen atoms in total. The Hall–Kier alpha value is -6.57. The van der Waals surface area contributed by atoms with Gasteiger partial charge in [-0.15, -0.1) is 0 Å². The van der Waals surface area contributed by atoms with Crippen LogP contribution < -0.4 is 32.3 Å². The summed E-state index contributed by atoms with van der Waals surface area (Å²) in [5.74, 6) is -8.88. The molecule has 2 bridgehead atoms. The van der Waals surface area contributed by atoms with E-state index < -0.39 is 120 Å². The highest BCUT2D eigenvalue weighted by atomic mass is 16.5. The average molecular weight is 963 g/mol. The highest BCUT2D eigenvalue weighted by Crippen LogP contribution is 2.26. The van der Waals surface area contributed by atoms with Gasteiger partial charge >= 0.3 is 5.97 Å². The van der Waals surface area contributed by atoms with Gasteiger partial charge in [-0.1, -0.05) is 84.0 Å². The number of esters is 1. The monoisotopic (exact) mass is 963 g/mol. The summed E-state index contributed by atoms with van der Waals surface area (Å²) in [5, 5.41) is 34.8. The largest absolute Gasteiger partial charge is 0.508 e. The number of carbonyl (C=O) groups excluding carboxylic acids is 9. The molecule has 1 unspecified atom stereocenters. The number of nitrogens with one attached hydrogen (secondary N) is 5. The topological polar surface area (TPSA) is 296 Å². The highest BCUT2D eigenvalue weighted by molar-refractivity contribution is 5.98. The zero-order valence-corrected chi connectivity index (χ0v) is 40.7. The van der Waals surface area contributed by atoms with E-state index in [0.29, 0.717) is 17.5 Å². The second kappa shape index (κ2) is 25.2. The van der Waals surface area contributed by atoms with Gasteiger partial charge in [-0.05, 0) is 74.1 Å². The van der Waals surface area contributed by atoms with Crippen molar-refractivity contribution in [2.75, 3.05) is 7.05 Å². The lowest BCUT2D eigenvalue weighted by Gasteiger charge is -2.43. The van der Waals surface area contributed by atoms with E-state index in [1.54, 1.807) is 84.0 Å². The van der Waals surface area contributed by atoms with Crippen LogP contribution in [0.15, 0.2) is 54.6 Å². The van der Waals surface area contributed by atoms with E-state index in [9.17, 15) is 48.6 Å². The molecule has 0 aliphatic carbocycles. The number of nitrogens with two attached hydrogens (primary N) is 1. The Labute approximate surface area is 403 Å². The molecule has 2 aliphatic heterocycles. The molecule has 69 heavy (non-hydrogen) atoms. The summed E-state index contributed by atoms with van der Waals surface area (Å²) in [4.78, 5) is 129. The minimum atomic E-state index is -1.75. The van der Waals surface area contributed by atoms with Gasteiger partial charge in [0, 0.05) is 32.2 Å². The number of aromatic hydroxyl groups is 1. The number of primary amides is 1. The molecule has 2 heterocycles. The van der Waals surface area contributed by atoms with E-state index in [-0.39, 0.29) is 56.6 Å². The normalized spacial score (nSPS) is 25.3. The van der Waals surface area contributed by atoms with Crippen LogP contribution in [0.25, 0.3) is 0 Å². The first kappa shape index (κ1) is 55.0. The summed E-state index contributed by atoms with van der Waals surface area (Å²) in [6.07, 6.45) is -3.49. The van der Waals surface area contributed by atoms with Crippen molar-refractivity contribution < 1.29 is 58.1 Å². The van der Waals surface area contributed by atoms with Crippen LogP contribution in [0.4, 0.5) is 0 Å². The minimum absolute atomic E-state index is 0.0235. The van der Waals surface area contributed by atoms with Crippen LogP contribution in [-0.4, -0.2) is 135 Å². The number of aliphatic hydroxyl groups excluding tert-OH is 1. The number of benzene rings is 2. The molecule has 2 aliphatic rings. The third-order valence-corrected chi connectivity index (χ3v) is 12.6. The fourth-order valence-corrected chi connectivity index (χ4v) is 8.20. The molecule has 20 heteroatoms. The third kappa shape index (κ3) is 15.2. The van der Waals surface area contributed by atoms with Crippen molar-refractivity contribution in [2.24, 2.45) is 23.5 Å². The number of phenols is 1. The molecule has 378 valence electrons. The van der Waals surface area contributed by atoms with Crippen LogP contribution in [-0.2, 0) is 60.7 Å². The standard InChI is InChI=1S/C49H70N8O12/c1-9-28(6)42(61)51-33(19-21-38(50)59)43(62)55-41-29(7)69-49(68)40(27(4)5)54-45(64)36(24-31-15-17-32(58)18-16-31)56(8)48(67)37(25-30-13-11-10-12-14-30)57-39(60)22-20-34(47(57)66)52-44(63)35(23-26(2)3)53-46(41)65/h10-18,26-29,33-37,39-41,58,60H,9,19-25H2,1-8H3,(H2,50,59)(H,51,61)(H,52,63)(H,53,65)(H,54,64)(H,55,62)/t28?,29-,33+,34+,35+,36+,37+,39-,40+,41+/m1/s1. The number of aliphatic hydroxyl groups is 1. The van der Waals surface area contributed by atoms with Crippen LogP contribution in [0.2, 0.25) is 0 Å². The fourth-order valence-electron chi connectivity index (χ4n) is 8.20. The number of fused-ring (bicyclic) bond motifs is 2. The SMILES string of the molecule is CCC(C)C(=O)N[C@@H](CCC(N)=O)C(=O)N[C@@H]1C(=O)N[C@@H](CC(C)C)C(=O)N[C@H]2CC[C@@H](O)N(C2=O)[C@@H](Cc2ccccc2)C(=O)N(C)[C@@H](Cc2ccc(O)cc2)C(=O)N[C@@H](C(C)C)C(=O)O[C@@H]1C. The number of ether oxygens (including phenoxy) is 1. The summed E-state index contributed by atoms with van der Waals surface area (Å²) >= 11 is 0. The highest BCUT2D eigenvalue weighted by Gasteiger charge is 2.46. The van der Waals surface area contributed by atoms with Gasteiger partial charge in [-0.2, -0.15) is 0 Å².